The van der Waals surface area contributed by atoms with Gasteiger partial charge in [0.25, 0.3) is 0 Å². The van der Waals surface area contributed by atoms with Crippen molar-refractivity contribution < 1.29 is 8.42 Å². The van der Waals surface area contributed by atoms with Gasteiger partial charge in [-0.05, 0) is 24.3 Å². The highest BCUT2D eigenvalue weighted by Crippen LogP contribution is 2.26. The first-order valence-electron chi connectivity index (χ1n) is 4.53. The van der Waals surface area contributed by atoms with Gasteiger partial charge in [-0.3, -0.25) is 0 Å². The molecule has 0 saturated carbocycles. The van der Waals surface area contributed by atoms with Crippen molar-refractivity contribution in [1.29, 1.82) is 0 Å². The summed E-state index contributed by atoms with van der Waals surface area (Å²) in [4.78, 5) is 1.22. The highest BCUT2D eigenvalue weighted by molar-refractivity contribution is 8.00. The molecule has 0 aromatic heterocycles. The van der Waals surface area contributed by atoms with Gasteiger partial charge in [0.1, 0.15) is 0 Å². The molecule has 0 radical (unpaired) electrons. The number of halogens is 1. The Balaban J connectivity index is 2.88. The maximum absolute atomic E-state index is 11.4. The number of rotatable bonds is 5. The maximum Gasteiger partial charge on any atom is 0.176 e. The van der Waals surface area contributed by atoms with Gasteiger partial charge < -0.3 is 0 Å². The van der Waals surface area contributed by atoms with E-state index in [-0.39, 0.29) is 0 Å². The molecular formula is C10H13ClO2S2. The smallest absolute Gasteiger partial charge is 0.176 e. The van der Waals surface area contributed by atoms with Crippen LogP contribution >= 0.6 is 23.4 Å². The summed E-state index contributed by atoms with van der Waals surface area (Å²) in [6.07, 6.45) is 2.11. The first kappa shape index (κ1) is 12.9. The van der Waals surface area contributed by atoms with E-state index >= 15 is 0 Å². The Morgan fingerprint density at radius 2 is 2.00 bits per heavy atom. The van der Waals surface area contributed by atoms with Crippen LogP contribution in [0.3, 0.4) is 0 Å². The second-order valence-corrected chi connectivity index (χ2v) is 6.61. The van der Waals surface area contributed by atoms with E-state index in [0.717, 1.165) is 17.1 Å². The number of sulfone groups is 1. The van der Waals surface area contributed by atoms with E-state index in [2.05, 4.69) is 0 Å². The molecule has 0 N–H and O–H groups in total. The zero-order chi connectivity index (χ0) is 11.3. The van der Waals surface area contributed by atoms with E-state index in [1.54, 1.807) is 12.1 Å². The van der Waals surface area contributed by atoms with Crippen molar-refractivity contribution in [3.8, 4) is 0 Å². The molecule has 0 saturated heterocycles. The number of thioether (sulfide) groups is 1. The number of benzene rings is 1. The summed E-state index contributed by atoms with van der Waals surface area (Å²) in [5.41, 5.74) is 0. The molecule has 84 valence electrons. The maximum atomic E-state index is 11.4. The molecule has 2 nitrogen and oxygen atoms in total. The average molecular weight is 265 g/mol. The van der Waals surface area contributed by atoms with E-state index in [4.69, 9.17) is 11.6 Å². The molecular weight excluding hydrogens is 252 g/mol. The first-order chi connectivity index (χ1) is 7.05. The summed E-state index contributed by atoms with van der Waals surface area (Å²) in [5, 5.41) is 0. The SMILES string of the molecule is CS(=O)(=O)c1ccccc1SCCCCl. The fraction of sp³-hybridized carbons (Fsp3) is 0.400. The van der Waals surface area contributed by atoms with Crippen LogP contribution in [0.15, 0.2) is 34.1 Å². The van der Waals surface area contributed by atoms with Gasteiger partial charge in [0.2, 0.25) is 0 Å². The lowest BCUT2D eigenvalue weighted by molar-refractivity contribution is 0.600. The zero-order valence-electron chi connectivity index (χ0n) is 8.44. The predicted molar refractivity (Wildman–Crippen MR) is 65.6 cm³/mol. The van der Waals surface area contributed by atoms with Gasteiger partial charge in [0.15, 0.2) is 9.84 Å². The van der Waals surface area contributed by atoms with Crippen LogP contribution in [0.25, 0.3) is 0 Å². The summed E-state index contributed by atoms with van der Waals surface area (Å²) in [5.74, 6) is 1.45. The van der Waals surface area contributed by atoms with Gasteiger partial charge in [-0.25, -0.2) is 8.42 Å². The monoisotopic (exact) mass is 264 g/mol. The average Bonchev–Trinajstić information content (AvgIpc) is 2.17. The minimum atomic E-state index is -3.12. The Labute approximate surface area is 99.9 Å². The summed E-state index contributed by atoms with van der Waals surface area (Å²) >= 11 is 7.10. The minimum absolute atomic E-state index is 0.407. The van der Waals surface area contributed by atoms with E-state index in [1.165, 1.54) is 18.0 Å². The minimum Gasteiger partial charge on any atom is -0.224 e. The van der Waals surface area contributed by atoms with Crippen molar-refractivity contribution >= 4 is 33.2 Å². The van der Waals surface area contributed by atoms with Crippen LogP contribution in [0.1, 0.15) is 6.42 Å². The molecule has 0 amide bonds. The van der Waals surface area contributed by atoms with Crippen LogP contribution in [0.5, 0.6) is 0 Å². The van der Waals surface area contributed by atoms with Gasteiger partial charge in [-0.1, -0.05) is 12.1 Å². The van der Waals surface area contributed by atoms with E-state index in [9.17, 15) is 8.42 Å². The molecule has 0 spiro atoms. The summed E-state index contributed by atoms with van der Waals surface area (Å²) < 4.78 is 22.9. The molecule has 15 heavy (non-hydrogen) atoms. The summed E-state index contributed by atoms with van der Waals surface area (Å²) in [6, 6.07) is 7.05. The quantitative estimate of drug-likeness (QED) is 0.466. The van der Waals surface area contributed by atoms with E-state index in [0.29, 0.717) is 10.8 Å². The van der Waals surface area contributed by atoms with Crippen LogP contribution < -0.4 is 0 Å². The second kappa shape index (κ2) is 5.77. The van der Waals surface area contributed by atoms with Crippen LogP contribution in [-0.4, -0.2) is 26.3 Å². The van der Waals surface area contributed by atoms with Crippen molar-refractivity contribution in [2.75, 3.05) is 17.9 Å². The third-order valence-corrected chi connectivity index (χ3v) is 4.50. The highest BCUT2D eigenvalue weighted by Gasteiger charge is 2.12. The van der Waals surface area contributed by atoms with Crippen molar-refractivity contribution in [2.45, 2.75) is 16.2 Å². The molecule has 0 aliphatic heterocycles. The van der Waals surface area contributed by atoms with Gasteiger partial charge in [-0.2, -0.15) is 0 Å². The summed E-state index contributed by atoms with van der Waals surface area (Å²) in [6.45, 7) is 0. The van der Waals surface area contributed by atoms with Crippen molar-refractivity contribution in [3.05, 3.63) is 24.3 Å². The van der Waals surface area contributed by atoms with E-state index < -0.39 is 9.84 Å². The van der Waals surface area contributed by atoms with Crippen molar-refractivity contribution in [3.63, 3.8) is 0 Å². The van der Waals surface area contributed by atoms with Crippen LogP contribution in [0.2, 0.25) is 0 Å². The van der Waals surface area contributed by atoms with Crippen LogP contribution in [-0.2, 0) is 9.84 Å². The van der Waals surface area contributed by atoms with Gasteiger partial charge in [0.05, 0.1) is 4.90 Å². The van der Waals surface area contributed by atoms with Crippen LogP contribution in [0.4, 0.5) is 0 Å². The van der Waals surface area contributed by atoms with Gasteiger partial charge >= 0.3 is 0 Å². The lowest BCUT2D eigenvalue weighted by atomic mass is 10.4. The Kier molecular flexibility index (Phi) is 4.96. The normalized spacial score (nSPS) is 11.6. The lowest BCUT2D eigenvalue weighted by Gasteiger charge is -2.06. The molecule has 0 aliphatic carbocycles. The molecule has 1 aromatic rings. The lowest BCUT2D eigenvalue weighted by Crippen LogP contribution is -1.99. The molecule has 0 unspecified atom stereocenters. The molecule has 0 atom stereocenters. The van der Waals surface area contributed by atoms with Gasteiger partial charge in [0, 0.05) is 17.0 Å². The first-order valence-corrected chi connectivity index (χ1v) is 7.94. The third kappa shape index (κ3) is 4.05. The fourth-order valence-electron chi connectivity index (χ4n) is 1.11. The van der Waals surface area contributed by atoms with Crippen LogP contribution in [0, 0.1) is 0 Å². The van der Waals surface area contributed by atoms with Crippen molar-refractivity contribution in [2.24, 2.45) is 0 Å². The van der Waals surface area contributed by atoms with Crippen molar-refractivity contribution in [1.82, 2.24) is 0 Å². The second-order valence-electron chi connectivity index (χ2n) is 3.11. The largest absolute Gasteiger partial charge is 0.224 e. The summed E-state index contributed by atoms with van der Waals surface area (Å²) in [7, 11) is -3.12. The molecule has 0 fully saturated rings. The zero-order valence-corrected chi connectivity index (χ0v) is 10.8. The standard InChI is InChI=1S/C10H13ClO2S2/c1-15(12,13)10-6-3-2-5-9(10)14-8-4-7-11/h2-3,5-6H,4,7-8H2,1H3. The predicted octanol–water partition coefficient (Wildman–Crippen LogP) is 2.81. The molecule has 0 bridgehead atoms. The molecule has 5 heteroatoms. The Hall–Kier alpha value is -0.190. The molecule has 0 heterocycles. The van der Waals surface area contributed by atoms with E-state index in [1.807, 2.05) is 12.1 Å². The number of hydrogen-bond donors (Lipinski definition) is 0. The molecule has 1 rings (SSSR count). The molecule has 0 aliphatic rings. The Morgan fingerprint density at radius 3 is 2.60 bits per heavy atom. The highest BCUT2D eigenvalue weighted by atomic mass is 35.5. The Bertz CT molecular complexity index is 415. The van der Waals surface area contributed by atoms with Gasteiger partial charge in [-0.15, -0.1) is 23.4 Å². The number of alkyl halides is 1. The Morgan fingerprint density at radius 1 is 1.33 bits per heavy atom. The topological polar surface area (TPSA) is 34.1 Å². The number of hydrogen-bond acceptors (Lipinski definition) is 3. The fourth-order valence-corrected chi connectivity index (χ4v) is 3.69. The molecule has 1 aromatic carbocycles. The third-order valence-electron chi connectivity index (χ3n) is 1.78.